The Hall–Kier alpha value is -3.81. The summed E-state index contributed by atoms with van der Waals surface area (Å²) in [5.41, 5.74) is 1.79. The van der Waals surface area contributed by atoms with E-state index in [1.807, 2.05) is 13.0 Å². The molecular weight excluding hydrogens is 374 g/mol. The molecule has 1 aromatic carbocycles. The molecule has 0 spiro atoms. The number of fused-ring (bicyclic) bond motifs is 2. The number of esters is 1. The number of ether oxygens (including phenoxy) is 1. The summed E-state index contributed by atoms with van der Waals surface area (Å²) in [6.07, 6.45) is 1.61. The average molecular weight is 391 g/mol. The predicted octanol–water partition coefficient (Wildman–Crippen LogP) is 1.73. The van der Waals surface area contributed by atoms with E-state index in [4.69, 9.17) is 4.74 Å². The molecule has 0 fully saturated rings. The maximum absolute atomic E-state index is 12.5. The highest BCUT2D eigenvalue weighted by Crippen LogP contribution is 2.24. The molecule has 0 saturated heterocycles. The minimum Gasteiger partial charge on any atom is -0.458 e. The SMILES string of the molecule is Cc1cccn2c(=O)cc(COC(=O)[C@@H](C)N3C(=O)c4ccccc4C3=O)nc12. The molecule has 0 aliphatic carbocycles. The van der Waals surface area contributed by atoms with Gasteiger partial charge in [0.25, 0.3) is 17.4 Å². The standard InChI is InChI=1S/C21H17N3O5/c1-12-6-5-9-23-17(25)10-14(22-18(12)23)11-29-21(28)13(2)24-19(26)15-7-3-4-8-16(15)20(24)27/h3-10,13H,11H2,1-2H3/t13-/m1/s1. The first kappa shape index (κ1) is 18.5. The van der Waals surface area contributed by atoms with Crippen molar-refractivity contribution >= 4 is 23.4 Å². The van der Waals surface area contributed by atoms with Crippen LogP contribution >= 0.6 is 0 Å². The molecule has 8 heteroatoms. The van der Waals surface area contributed by atoms with Gasteiger partial charge in [-0.1, -0.05) is 18.2 Å². The zero-order valence-corrected chi connectivity index (χ0v) is 15.8. The highest BCUT2D eigenvalue weighted by atomic mass is 16.5. The van der Waals surface area contributed by atoms with Crippen LogP contribution in [0.5, 0.6) is 0 Å². The van der Waals surface area contributed by atoms with E-state index in [2.05, 4.69) is 4.98 Å². The number of pyridine rings is 1. The zero-order chi connectivity index (χ0) is 20.7. The van der Waals surface area contributed by atoms with Gasteiger partial charge in [-0.15, -0.1) is 0 Å². The Morgan fingerprint density at radius 2 is 1.72 bits per heavy atom. The lowest BCUT2D eigenvalue weighted by molar-refractivity contribution is -0.149. The maximum Gasteiger partial charge on any atom is 0.329 e. The van der Waals surface area contributed by atoms with E-state index in [1.54, 1.807) is 36.5 Å². The van der Waals surface area contributed by atoms with Gasteiger partial charge in [0.1, 0.15) is 18.3 Å². The third-order valence-electron chi connectivity index (χ3n) is 4.86. The van der Waals surface area contributed by atoms with Gasteiger partial charge in [0.05, 0.1) is 16.8 Å². The average Bonchev–Trinajstić information content (AvgIpc) is 2.97. The summed E-state index contributed by atoms with van der Waals surface area (Å²) >= 11 is 0. The van der Waals surface area contributed by atoms with Gasteiger partial charge < -0.3 is 4.74 Å². The number of aromatic nitrogens is 2. The van der Waals surface area contributed by atoms with Gasteiger partial charge in [-0.2, -0.15) is 0 Å². The van der Waals surface area contributed by atoms with Crippen molar-refractivity contribution in [1.29, 1.82) is 0 Å². The van der Waals surface area contributed by atoms with Crippen molar-refractivity contribution < 1.29 is 19.1 Å². The second-order valence-corrected chi connectivity index (χ2v) is 6.78. The fourth-order valence-electron chi connectivity index (χ4n) is 3.31. The second kappa shape index (κ2) is 6.97. The topological polar surface area (TPSA) is 98.0 Å². The Morgan fingerprint density at radius 3 is 2.38 bits per heavy atom. The number of rotatable bonds is 4. The van der Waals surface area contributed by atoms with Gasteiger partial charge in [0.15, 0.2) is 0 Å². The van der Waals surface area contributed by atoms with Crippen LogP contribution in [0, 0.1) is 6.92 Å². The zero-order valence-electron chi connectivity index (χ0n) is 15.8. The van der Waals surface area contributed by atoms with E-state index in [0.717, 1.165) is 10.5 Å². The second-order valence-electron chi connectivity index (χ2n) is 6.78. The molecular formula is C21H17N3O5. The number of carbonyl (C=O) groups is 3. The van der Waals surface area contributed by atoms with Gasteiger partial charge in [-0.05, 0) is 37.6 Å². The van der Waals surface area contributed by atoms with Crippen LogP contribution in [-0.4, -0.2) is 38.1 Å². The van der Waals surface area contributed by atoms with Gasteiger partial charge in [-0.3, -0.25) is 23.7 Å². The van der Waals surface area contributed by atoms with Gasteiger partial charge in [0.2, 0.25) is 0 Å². The number of carbonyl (C=O) groups excluding carboxylic acids is 3. The molecule has 0 radical (unpaired) electrons. The lowest BCUT2D eigenvalue weighted by Gasteiger charge is -2.20. The Balaban J connectivity index is 1.51. The molecule has 0 unspecified atom stereocenters. The third-order valence-corrected chi connectivity index (χ3v) is 4.86. The quantitative estimate of drug-likeness (QED) is 0.496. The van der Waals surface area contributed by atoms with Crippen molar-refractivity contribution in [3.63, 3.8) is 0 Å². The maximum atomic E-state index is 12.5. The lowest BCUT2D eigenvalue weighted by Crippen LogP contribution is -2.43. The van der Waals surface area contributed by atoms with E-state index >= 15 is 0 Å². The monoisotopic (exact) mass is 391 g/mol. The summed E-state index contributed by atoms with van der Waals surface area (Å²) in [5, 5.41) is 0. The molecule has 3 aromatic rings. The molecule has 146 valence electrons. The van der Waals surface area contributed by atoms with E-state index in [9.17, 15) is 19.2 Å². The van der Waals surface area contributed by atoms with E-state index in [1.165, 1.54) is 17.4 Å². The molecule has 2 aromatic heterocycles. The summed E-state index contributed by atoms with van der Waals surface area (Å²) < 4.78 is 6.65. The van der Waals surface area contributed by atoms with Crippen LogP contribution < -0.4 is 5.56 Å². The van der Waals surface area contributed by atoms with Crippen molar-refractivity contribution in [2.75, 3.05) is 0 Å². The van der Waals surface area contributed by atoms with Crippen LogP contribution in [0.15, 0.2) is 53.5 Å². The summed E-state index contributed by atoms with van der Waals surface area (Å²) in [6.45, 7) is 3.01. The normalized spacial score (nSPS) is 14.2. The molecule has 0 N–H and O–H groups in total. The third kappa shape index (κ3) is 3.08. The Labute approximate surface area is 165 Å². The largest absolute Gasteiger partial charge is 0.458 e. The molecule has 3 heterocycles. The minimum absolute atomic E-state index is 0.244. The molecule has 0 bridgehead atoms. The van der Waals surface area contributed by atoms with Crippen LogP contribution in [0.1, 0.15) is 38.9 Å². The number of imide groups is 1. The fourth-order valence-corrected chi connectivity index (χ4v) is 3.31. The van der Waals surface area contributed by atoms with Gasteiger partial charge in [-0.25, -0.2) is 9.78 Å². The van der Waals surface area contributed by atoms with Crippen molar-refractivity contribution in [3.05, 3.63) is 81.4 Å². The van der Waals surface area contributed by atoms with Crippen LogP contribution in [0.4, 0.5) is 0 Å². The molecule has 1 aliphatic rings. The summed E-state index contributed by atoms with van der Waals surface area (Å²) in [4.78, 5) is 55.0. The van der Waals surface area contributed by atoms with E-state index < -0.39 is 23.8 Å². The summed E-state index contributed by atoms with van der Waals surface area (Å²) in [7, 11) is 0. The number of hydrogen-bond acceptors (Lipinski definition) is 6. The highest BCUT2D eigenvalue weighted by Gasteiger charge is 2.41. The van der Waals surface area contributed by atoms with Crippen molar-refractivity contribution in [3.8, 4) is 0 Å². The van der Waals surface area contributed by atoms with Crippen LogP contribution in [0.3, 0.4) is 0 Å². The summed E-state index contributed by atoms with van der Waals surface area (Å²) in [5.74, 6) is -1.83. The Morgan fingerprint density at radius 1 is 1.07 bits per heavy atom. The molecule has 2 amide bonds. The number of amides is 2. The fraction of sp³-hybridized carbons (Fsp3) is 0.190. The van der Waals surface area contributed by atoms with Crippen LogP contribution in [0.2, 0.25) is 0 Å². The molecule has 0 saturated carbocycles. The number of aryl methyl sites for hydroxylation is 1. The molecule has 29 heavy (non-hydrogen) atoms. The van der Waals surface area contributed by atoms with Gasteiger partial charge >= 0.3 is 5.97 Å². The Bertz CT molecular complexity index is 1200. The van der Waals surface area contributed by atoms with Gasteiger partial charge in [0, 0.05) is 12.3 Å². The summed E-state index contributed by atoms with van der Waals surface area (Å²) in [6, 6.07) is 10.1. The number of hydrogen-bond donors (Lipinski definition) is 0. The first-order chi connectivity index (χ1) is 13.9. The molecule has 8 nitrogen and oxygen atoms in total. The molecule has 1 aliphatic heterocycles. The minimum atomic E-state index is -1.11. The highest BCUT2D eigenvalue weighted by molar-refractivity contribution is 6.22. The van der Waals surface area contributed by atoms with Crippen LogP contribution in [0.25, 0.3) is 5.65 Å². The Kier molecular flexibility index (Phi) is 4.46. The molecule has 1 atom stereocenters. The van der Waals surface area contributed by atoms with E-state index in [0.29, 0.717) is 5.65 Å². The number of nitrogens with zero attached hydrogens (tertiary/aromatic N) is 3. The smallest absolute Gasteiger partial charge is 0.329 e. The molecule has 4 rings (SSSR count). The van der Waals surface area contributed by atoms with Crippen molar-refractivity contribution in [1.82, 2.24) is 14.3 Å². The number of benzene rings is 1. The van der Waals surface area contributed by atoms with Crippen molar-refractivity contribution in [2.24, 2.45) is 0 Å². The van der Waals surface area contributed by atoms with Crippen molar-refractivity contribution in [2.45, 2.75) is 26.5 Å². The van der Waals surface area contributed by atoms with Crippen LogP contribution in [-0.2, 0) is 16.1 Å². The van der Waals surface area contributed by atoms with E-state index in [-0.39, 0.29) is 29.0 Å². The lowest BCUT2D eigenvalue weighted by atomic mass is 10.1. The predicted molar refractivity (Wildman–Crippen MR) is 102 cm³/mol. The first-order valence-electron chi connectivity index (χ1n) is 9.00. The first-order valence-corrected chi connectivity index (χ1v) is 9.00.